The van der Waals surface area contributed by atoms with Gasteiger partial charge in [-0.05, 0) is 69.1 Å². The molecule has 1 spiro atoms. The lowest BCUT2D eigenvalue weighted by Crippen LogP contribution is -2.61. The van der Waals surface area contributed by atoms with E-state index in [4.69, 9.17) is 9.73 Å². The van der Waals surface area contributed by atoms with Crippen LogP contribution in [0.4, 0.5) is 0 Å². The Morgan fingerprint density at radius 2 is 1.83 bits per heavy atom. The van der Waals surface area contributed by atoms with Crippen molar-refractivity contribution in [2.45, 2.75) is 12.8 Å². The Bertz CT molecular complexity index is 610. The molecule has 130 valence electrons. The van der Waals surface area contributed by atoms with Crippen LogP contribution in [0.25, 0.3) is 5.70 Å². The lowest BCUT2D eigenvalue weighted by atomic mass is 9.72. The molecule has 1 aromatic carbocycles. The molecular weight excluding hydrogens is 318 g/mol. The molecule has 2 aliphatic heterocycles. The van der Waals surface area contributed by atoms with Crippen molar-refractivity contribution >= 4 is 22.6 Å². The monoisotopic (exact) mass is 345 g/mol. The number of hydrogen-bond donors (Lipinski definition) is 0. The van der Waals surface area contributed by atoms with Crippen LogP contribution in [0.3, 0.4) is 0 Å². The number of piperidine rings is 1. The molecule has 0 bridgehead atoms. The van der Waals surface area contributed by atoms with Gasteiger partial charge in [0.2, 0.25) is 0 Å². The fraction of sp³-hybridized carbons (Fsp3) is 0.526. The number of benzene rings is 1. The van der Waals surface area contributed by atoms with Crippen molar-refractivity contribution in [3.63, 3.8) is 0 Å². The van der Waals surface area contributed by atoms with Crippen LogP contribution in [-0.2, 0) is 0 Å². The van der Waals surface area contributed by atoms with E-state index in [1.54, 1.807) is 18.9 Å². The Hall–Kier alpha value is -1.46. The summed E-state index contributed by atoms with van der Waals surface area (Å²) in [7, 11) is 3.90. The van der Waals surface area contributed by atoms with Gasteiger partial charge in [-0.2, -0.15) is 0 Å². The van der Waals surface area contributed by atoms with Crippen LogP contribution in [0.2, 0.25) is 0 Å². The van der Waals surface area contributed by atoms with Crippen LogP contribution < -0.4 is 4.74 Å². The van der Waals surface area contributed by atoms with Gasteiger partial charge in [-0.25, -0.2) is 4.99 Å². The molecule has 2 aliphatic rings. The number of methoxy groups -OCH3 is 1. The highest BCUT2D eigenvalue weighted by molar-refractivity contribution is 8.13. The first-order valence-electron chi connectivity index (χ1n) is 8.45. The highest BCUT2D eigenvalue weighted by atomic mass is 32.2. The summed E-state index contributed by atoms with van der Waals surface area (Å²) >= 11 is 1.71. The van der Waals surface area contributed by atoms with E-state index in [-0.39, 0.29) is 0 Å². The summed E-state index contributed by atoms with van der Waals surface area (Å²) < 4.78 is 5.21. The molecule has 2 saturated heterocycles. The molecule has 0 aliphatic carbocycles. The Morgan fingerprint density at radius 1 is 1.21 bits per heavy atom. The van der Waals surface area contributed by atoms with Crippen LogP contribution in [0.5, 0.6) is 5.75 Å². The second-order valence-electron chi connectivity index (χ2n) is 6.93. The quantitative estimate of drug-likeness (QED) is 0.620. The van der Waals surface area contributed by atoms with E-state index in [2.05, 4.69) is 29.7 Å². The zero-order chi connectivity index (χ0) is 17.2. The highest BCUT2D eigenvalue weighted by Gasteiger charge is 2.45. The van der Waals surface area contributed by atoms with Gasteiger partial charge >= 0.3 is 0 Å². The Kier molecular flexibility index (Phi) is 5.21. The van der Waals surface area contributed by atoms with Crippen molar-refractivity contribution in [1.82, 2.24) is 9.80 Å². The Balaban J connectivity index is 1.63. The molecule has 0 saturated carbocycles. The largest absolute Gasteiger partial charge is 0.497 e. The summed E-state index contributed by atoms with van der Waals surface area (Å²) in [5, 5.41) is 1.08. The smallest absolute Gasteiger partial charge is 0.164 e. The molecule has 4 nitrogen and oxygen atoms in total. The standard InChI is InChI=1S/C19H27N3OS/c1-15(16-5-7-17(23-3)8-6-16)20-18(24-4)22-13-19(14-22)9-11-21(2)12-10-19/h5-8H,1,9-14H2,2-4H3/b20-18-. The number of likely N-dealkylation sites (tertiary alicyclic amines) is 2. The summed E-state index contributed by atoms with van der Waals surface area (Å²) in [6, 6.07) is 7.92. The number of nitrogens with zero attached hydrogens (tertiary/aromatic N) is 3. The molecule has 0 radical (unpaired) electrons. The van der Waals surface area contributed by atoms with Gasteiger partial charge in [-0.3, -0.25) is 0 Å². The van der Waals surface area contributed by atoms with E-state index < -0.39 is 0 Å². The van der Waals surface area contributed by atoms with E-state index >= 15 is 0 Å². The van der Waals surface area contributed by atoms with Crippen LogP contribution >= 0.6 is 11.8 Å². The third kappa shape index (κ3) is 3.62. The van der Waals surface area contributed by atoms with Crippen molar-refractivity contribution in [3.8, 4) is 5.75 Å². The maximum absolute atomic E-state index is 5.21. The van der Waals surface area contributed by atoms with Crippen LogP contribution in [0, 0.1) is 5.41 Å². The third-order valence-electron chi connectivity index (χ3n) is 5.21. The van der Waals surface area contributed by atoms with Gasteiger partial charge < -0.3 is 14.5 Å². The van der Waals surface area contributed by atoms with E-state index in [1.165, 1.54) is 25.9 Å². The van der Waals surface area contributed by atoms with Crippen LogP contribution in [0.1, 0.15) is 18.4 Å². The zero-order valence-electron chi connectivity index (χ0n) is 14.9. The first-order valence-corrected chi connectivity index (χ1v) is 9.67. The van der Waals surface area contributed by atoms with Crippen LogP contribution in [-0.4, -0.2) is 61.6 Å². The molecule has 2 heterocycles. The minimum atomic E-state index is 0.518. The normalized spacial score (nSPS) is 20.8. The predicted octanol–water partition coefficient (Wildman–Crippen LogP) is 3.41. The summed E-state index contributed by atoms with van der Waals surface area (Å²) in [6.45, 7) is 8.86. The summed E-state index contributed by atoms with van der Waals surface area (Å²) in [5.74, 6) is 0.854. The van der Waals surface area contributed by atoms with Gasteiger partial charge in [0.25, 0.3) is 0 Å². The van der Waals surface area contributed by atoms with Crippen molar-refractivity contribution in [2.24, 2.45) is 10.4 Å². The van der Waals surface area contributed by atoms with Gasteiger partial charge in [0, 0.05) is 18.5 Å². The molecule has 3 rings (SSSR count). The lowest BCUT2D eigenvalue weighted by Gasteiger charge is -2.54. The molecule has 5 heteroatoms. The summed E-state index contributed by atoms with van der Waals surface area (Å²) in [5.41, 5.74) is 2.37. The fourth-order valence-corrected chi connectivity index (χ4v) is 4.11. The van der Waals surface area contributed by atoms with Crippen molar-refractivity contribution in [1.29, 1.82) is 0 Å². The average Bonchev–Trinajstić information content (AvgIpc) is 2.59. The molecule has 0 atom stereocenters. The van der Waals surface area contributed by atoms with Gasteiger partial charge in [0.05, 0.1) is 12.8 Å². The SMILES string of the molecule is C=C(/N=C(\SC)N1CC2(CCN(C)CC2)C1)c1ccc(OC)cc1. The highest BCUT2D eigenvalue weighted by Crippen LogP contribution is 2.41. The minimum Gasteiger partial charge on any atom is -0.497 e. The average molecular weight is 346 g/mol. The summed E-state index contributed by atoms with van der Waals surface area (Å²) in [6.07, 6.45) is 4.71. The first-order chi connectivity index (χ1) is 11.5. The maximum atomic E-state index is 5.21. The molecule has 2 fully saturated rings. The number of hydrogen-bond acceptors (Lipinski definition) is 4. The number of aliphatic imine (C=N–C) groups is 1. The second kappa shape index (κ2) is 7.19. The number of thioether (sulfide) groups is 1. The van der Waals surface area contributed by atoms with Gasteiger partial charge in [0.15, 0.2) is 5.17 Å². The minimum absolute atomic E-state index is 0.518. The second-order valence-corrected chi connectivity index (χ2v) is 7.71. The van der Waals surface area contributed by atoms with E-state index in [0.717, 1.165) is 35.3 Å². The van der Waals surface area contributed by atoms with Crippen molar-refractivity contribution in [3.05, 3.63) is 36.4 Å². The van der Waals surface area contributed by atoms with E-state index in [1.807, 2.05) is 24.3 Å². The predicted molar refractivity (Wildman–Crippen MR) is 104 cm³/mol. The number of ether oxygens (including phenoxy) is 1. The lowest BCUT2D eigenvalue weighted by molar-refractivity contribution is 0.00125. The molecule has 0 unspecified atom stereocenters. The maximum Gasteiger partial charge on any atom is 0.164 e. The topological polar surface area (TPSA) is 28.1 Å². The van der Waals surface area contributed by atoms with Crippen molar-refractivity contribution < 1.29 is 4.74 Å². The number of rotatable bonds is 3. The first kappa shape index (κ1) is 17.4. The Morgan fingerprint density at radius 3 is 2.38 bits per heavy atom. The molecule has 0 aromatic heterocycles. The molecule has 24 heavy (non-hydrogen) atoms. The molecule has 0 N–H and O–H groups in total. The van der Waals surface area contributed by atoms with Crippen LogP contribution in [0.15, 0.2) is 35.8 Å². The zero-order valence-corrected chi connectivity index (χ0v) is 15.7. The third-order valence-corrected chi connectivity index (χ3v) is 5.92. The number of amidine groups is 1. The van der Waals surface area contributed by atoms with Gasteiger partial charge in [0.1, 0.15) is 5.75 Å². The van der Waals surface area contributed by atoms with Gasteiger partial charge in [-0.15, -0.1) is 0 Å². The fourth-order valence-electron chi connectivity index (χ4n) is 3.52. The Labute approximate surface area is 149 Å². The molecule has 1 aromatic rings. The van der Waals surface area contributed by atoms with Crippen molar-refractivity contribution in [2.75, 3.05) is 46.6 Å². The van der Waals surface area contributed by atoms with E-state index in [9.17, 15) is 0 Å². The van der Waals surface area contributed by atoms with Gasteiger partial charge in [-0.1, -0.05) is 18.3 Å². The summed E-state index contributed by atoms with van der Waals surface area (Å²) in [4.78, 5) is 9.64. The van der Waals surface area contributed by atoms with E-state index in [0.29, 0.717) is 5.41 Å². The molecular formula is C19H27N3OS. The molecule has 0 amide bonds.